The molecule has 0 bridgehead atoms. The van der Waals surface area contributed by atoms with Crippen molar-refractivity contribution in [2.24, 2.45) is 5.92 Å². The maximum absolute atomic E-state index is 12.6. The van der Waals surface area contributed by atoms with E-state index in [1.807, 2.05) is 0 Å². The van der Waals surface area contributed by atoms with Gasteiger partial charge in [0.05, 0.1) is 12.5 Å². The summed E-state index contributed by atoms with van der Waals surface area (Å²) in [4.78, 5) is 39.7. The summed E-state index contributed by atoms with van der Waals surface area (Å²) < 4.78 is 4.96. The molecule has 3 rings (SSSR count). The zero-order chi connectivity index (χ0) is 21.0. The molecule has 1 saturated heterocycles. The van der Waals surface area contributed by atoms with Gasteiger partial charge in [0.15, 0.2) is 0 Å². The first-order valence-corrected chi connectivity index (χ1v) is 9.64. The molecule has 0 aliphatic carbocycles. The molecule has 2 aromatic carbocycles. The molecule has 0 saturated carbocycles. The number of amides is 3. The Bertz CT molecular complexity index is 916. The predicted molar refractivity (Wildman–Crippen MR) is 112 cm³/mol. The van der Waals surface area contributed by atoms with Gasteiger partial charge in [0, 0.05) is 42.1 Å². The Morgan fingerprint density at radius 2 is 1.97 bits per heavy atom. The molecule has 1 aliphatic heterocycles. The molecule has 0 aromatic heterocycles. The van der Waals surface area contributed by atoms with Crippen molar-refractivity contribution in [2.45, 2.75) is 13.3 Å². The van der Waals surface area contributed by atoms with Gasteiger partial charge in [-0.15, -0.1) is 0 Å². The smallest absolute Gasteiger partial charge is 0.413 e. The maximum atomic E-state index is 12.6. The first-order chi connectivity index (χ1) is 13.9. The van der Waals surface area contributed by atoms with Crippen LogP contribution in [0, 0.1) is 5.92 Å². The van der Waals surface area contributed by atoms with E-state index in [4.69, 9.17) is 16.3 Å². The van der Waals surface area contributed by atoms with E-state index in [-0.39, 0.29) is 18.2 Å². The van der Waals surface area contributed by atoms with Crippen LogP contribution in [0.25, 0.3) is 0 Å². The third-order valence-electron chi connectivity index (χ3n) is 4.68. The van der Waals surface area contributed by atoms with Crippen LogP contribution < -0.4 is 15.1 Å². The molecule has 2 aromatic rings. The lowest BCUT2D eigenvalue weighted by molar-refractivity contribution is -0.122. The molecule has 0 radical (unpaired) electrons. The number of anilines is 3. The molecule has 29 heavy (non-hydrogen) atoms. The molecule has 1 N–H and O–H groups in total. The standard InChI is InChI=1S/C21H22ClN3O4/c1-3-29-21(28)24(2)17-9-7-16(8-10-17)23-20(27)14-11-19(26)25(13-14)18-6-4-5-15(22)12-18/h4-10,12,14H,3,11,13H2,1-2H3,(H,23,27). The van der Waals surface area contributed by atoms with Crippen molar-refractivity contribution in [1.82, 2.24) is 0 Å². The number of carbonyl (C=O) groups is 3. The molecule has 0 spiro atoms. The van der Waals surface area contributed by atoms with Gasteiger partial charge in [-0.2, -0.15) is 0 Å². The summed E-state index contributed by atoms with van der Waals surface area (Å²) in [6, 6.07) is 13.8. The number of rotatable bonds is 5. The second-order valence-electron chi connectivity index (χ2n) is 6.68. The van der Waals surface area contributed by atoms with Crippen LogP contribution in [0.1, 0.15) is 13.3 Å². The Labute approximate surface area is 174 Å². The summed E-state index contributed by atoms with van der Waals surface area (Å²) >= 11 is 6.00. The van der Waals surface area contributed by atoms with Crippen LogP contribution in [0.5, 0.6) is 0 Å². The third-order valence-corrected chi connectivity index (χ3v) is 4.91. The molecule has 3 amide bonds. The Balaban J connectivity index is 1.62. The van der Waals surface area contributed by atoms with E-state index in [0.29, 0.717) is 35.2 Å². The summed E-state index contributed by atoms with van der Waals surface area (Å²) in [7, 11) is 1.61. The number of hydrogen-bond acceptors (Lipinski definition) is 4. The summed E-state index contributed by atoms with van der Waals surface area (Å²) in [5, 5.41) is 3.37. The Hall–Kier alpha value is -3.06. The van der Waals surface area contributed by atoms with E-state index >= 15 is 0 Å². The van der Waals surface area contributed by atoms with Crippen LogP contribution in [0.4, 0.5) is 21.9 Å². The highest BCUT2D eigenvalue weighted by Crippen LogP contribution is 2.28. The van der Waals surface area contributed by atoms with Gasteiger partial charge in [-0.3, -0.25) is 14.5 Å². The van der Waals surface area contributed by atoms with Gasteiger partial charge in [-0.25, -0.2) is 4.79 Å². The number of hydrogen-bond donors (Lipinski definition) is 1. The largest absolute Gasteiger partial charge is 0.449 e. The quantitative estimate of drug-likeness (QED) is 0.802. The molecule has 7 nitrogen and oxygen atoms in total. The first-order valence-electron chi connectivity index (χ1n) is 9.26. The van der Waals surface area contributed by atoms with Crippen LogP contribution in [0.15, 0.2) is 48.5 Å². The highest BCUT2D eigenvalue weighted by molar-refractivity contribution is 6.31. The van der Waals surface area contributed by atoms with E-state index in [2.05, 4.69) is 5.32 Å². The van der Waals surface area contributed by atoms with E-state index in [0.717, 1.165) is 0 Å². The average Bonchev–Trinajstić information content (AvgIpc) is 3.10. The summed E-state index contributed by atoms with van der Waals surface area (Å²) in [6.45, 7) is 2.34. The first kappa shape index (κ1) is 20.7. The maximum Gasteiger partial charge on any atom is 0.413 e. The SMILES string of the molecule is CCOC(=O)N(C)c1ccc(NC(=O)C2CC(=O)N(c3cccc(Cl)c3)C2)cc1. The fraction of sp³-hybridized carbons (Fsp3) is 0.286. The van der Waals surface area contributed by atoms with E-state index in [1.54, 1.807) is 67.4 Å². The number of carbonyl (C=O) groups excluding carboxylic acids is 3. The minimum absolute atomic E-state index is 0.112. The summed E-state index contributed by atoms with van der Waals surface area (Å²) in [5.41, 5.74) is 1.92. The van der Waals surface area contributed by atoms with Crippen molar-refractivity contribution in [3.8, 4) is 0 Å². The summed E-state index contributed by atoms with van der Waals surface area (Å²) in [5.74, 6) is -0.795. The minimum atomic E-state index is -0.455. The highest BCUT2D eigenvalue weighted by atomic mass is 35.5. The highest BCUT2D eigenvalue weighted by Gasteiger charge is 2.35. The second kappa shape index (κ2) is 8.96. The lowest BCUT2D eigenvalue weighted by Crippen LogP contribution is -2.28. The molecular formula is C21H22ClN3O4. The van der Waals surface area contributed by atoms with Crippen molar-refractivity contribution in [1.29, 1.82) is 0 Å². The van der Waals surface area contributed by atoms with E-state index < -0.39 is 12.0 Å². The van der Waals surface area contributed by atoms with Crippen LogP contribution >= 0.6 is 11.6 Å². The predicted octanol–water partition coefficient (Wildman–Crippen LogP) is 3.92. The van der Waals surface area contributed by atoms with Gasteiger partial charge in [-0.05, 0) is 49.4 Å². The molecule has 152 valence electrons. The summed E-state index contributed by atoms with van der Waals surface area (Å²) in [6.07, 6.45) is -0.308. The number of nitrogens with one attached hydrogen (secondary N) is 1. The van der Waals surface area contributed by atoms with Gasteiger partial charge >= 0.3 is 6.09 Å². The topological polar surface area (TPSA) is 79.0 Å². The van der Waals surface area contributed by atoms with E-state index in [1.165, 1.54) is 4.90 Å². The average molecular weight is 416 g/mol. The number of benzene rings is 2. The van der Waals surface area contributed by atoms with Crippen molar-refractivity contribution < 1.29 is 19.1 Å². The molecular weight excluding hydrogens is 394 g/mol. The van der Waals surface area contributed by atoms with Gasteiger partial charge in [0.2, 0.25) is 11.8 Å². The fourth-order valence-electron chi connectivity index (χ4n) is 3.12. The number of ether oxygens (including phenoxy) is 1. The van der Waals surface area contributed by atoms with Crippen molar-refractivity contribution in [2.75, 3.05) is 35.3 Å². The Kier molecular flexibility index (Phi) is 6.39. The van der Waals surface area contributed by atoms with Crippen molar-refractivity contribution in [3.63, 3.8) is 0 Å². The number of halogens is 1. The molecule has 1 aliphatic rings. The number of nitrogens with zero attached hydrogens (tertiary/aromatic N) is 2. The molecule has 8 heteroatoms. The van der Waals surface area contributed by atoms with Gasteiger partial charge in [0.25, 0.3) is 0 Å². The van der Waals surface area contributed by atoms with Crippen molar-refractivity contribution >= 4 is 46.6 Å². The normalized spacial score (nSPS) is 15.9. The van der Waals surface area contributed by atoms with Gasteiger partial charge < -0.3 is 15.0 Å². The Morgan fingerprint density at radius 3 is 2.62 bits per heavy atom. The van der Waals surface area contributed by atoms with Crippen LogP contribution in [-0.2, 0) is 14.3 Å². The Morgan fingerprint density at radius 1 is 1.24 bits per heavy atom. The fourth-order valence-corrected chi connectivity index (χ4v) is 3.30. The van der Waals surface area contributed by atoms with Crippen molar-refractivity contribution in [3.05, 3.63) is 53.6 Å². The zero-order valence-corrected chi connectivity index (χ0v) is 17.0. The molecule has 1 fully saturated rings. The van der Waals surface area contributed by atoms with E-state index in [9.17, 15) is 14.4 Å². The van der Waals surface area contributed by atoms with Gasteiger partial charge in [0.1, 0.15) is 0 Å². The lowest BCUT2D eigenvalue weighted by Gasteiger charge is -2.18. The lowest BCUT2D eigenvalue weighted by atomic mass is 10.1. The minimum Gasteiger partial charge on any atom is -0.449 e. The van der Waals surface area contributed by atoms with Gasteiger partial charge in [-0.1, -0.05) is 17.7 Å². The third kappa shape index (κ3) is 4.86. The molecule has 1 atom stereocenters. The van der Waals surface area contributed by atoms with Crippen LogP contribution in [0.3, 0.4) is 0 Å². The molecule has 1 unspecified atom stereocenters. The monoisotopic (exact) mass is 415 g/mol. The second-order valence-corrected chi connectivity index (χ2v) is 7.12. The van der Waals surface area contributed by atoms with Crippen LogP contribution in [0.2, 0.25) is 5.02 Å². The molecule has 1 heterocycles. The zero-order valence-electron chi connectivity index (χ0n) is 16.2. The van der Waals surface area contributed by atoms with Crippen LogP contribution in [-0.4, -0.2) is 38.1 Å².